The predicted octanol–water partition coefficient (Wildman–Crippen LogP) is 3.21. The van der Waals surface area contributed by atoms with Gasteiger partial charge in [0.1, 0.15) is 0 Å². The highest BCUT2D eigenvalue weighted by atomic mass is 32.2. The Morgan fingerprint density at radius 3 is 2.37 bits per heavy atom. The van der Waals surface area contributed by atoms with E-state index in [4.69, 9.17) is 4.74 Å². The smallest absolute Gasteiger partial charge is 0.309 e. The molecule has 30 heavy (non-hydrogen) atoms. The Morgan fingerprint density at radius 1 is 1.10 bits per heavy atom. The minimum atomic E-state index is -3.70. The van der Waals surface area contributed by atoms with Crippen molar-refractivity contribution >= 4 is 27.6 Å². The van der Waals surface area contributed by atoms with E-state index in [1.807, 2.05) is 0 Å². The fraction of sp³-hybridized carbons (Fsp3) is 0.364. The molecule has 2 aromatic carbocycles. The number of anilines is 1. The van der Waals surface area contributed by atoms with E-state index in [0.717, 1.165) is 0 Å². The molecule has 160 valence electrons. The van der Waals surface area contributed by atoms with E-state index in [-0.39, 0.29) is 22.7 Å². The first-order valence-electron chi connectivity index (χ1n) is 9.96. The molecule has 0 radical (unpaired) electrons. The number of hydrogen-bond acceptors (Lipinski definition) is 5. The van der Waals surface area contributed by atoms with Crippen molar-refractivity contribution in [2.24, 2.45) is 5.92 Å². The molecule has 3 rings (SSSR count). The SMILES string of the molecule is CCOC(=O)C1CCN(C(=O)c2ccc(NS(=O)(=O)c3ccccc3)c(C)c2)CC1. The highest BCUT2D eigenvalue weighted by molar-refractivity contribution is 7.92. The highest BCUT2D eigenvalue weighted by Gasteiger charge is 2.28. The second-order valence-corrected chi connectivity index (χ2v) is 8.95. The number of sulfonamides is 1. The number of rotatable bonds is 6. The molecule has 1 aliphatic rings. The molecule has 0 unspecified atom stereocenters. The van der Waals surface area contributed by atoms with Crippen LogP contribution in [0.25, 0.3) is 0 Å². The van der Waals surface area contributed by atoms with Gasteiger partial charge >= 0.3 is 5.97 Å². The molecule has 0 aliphatic carbocycles. The van der Waals surface area contributed by atoms with Crippen molar-refractivity contribution in [1.29, 1.82) is 0 Å². The summed E-state index contributed by atoms with van der Waals surface area (Å²) >= 11 is 0. The number of aryl methyl sites for hydroxylation is 1. The summed E-state index contributed by atoms with van der Waals surface area (Å²) in [6, 6.07) is 13.0. The highest BCUT2D eigenvalue weighted by Crippen LogP contribution is 2.24. The van der Waals surface area contributed by atoms with Crippen molar-refractivity contribution in [3.63, 3.8) is 0 Å². The first-order chi connectivity index (χ1) is 14.3. The van der Waals surface area contributed by atoms with Gasteiger partial charge in [-0.05, 0) is 62.6 Å². The Bertz CT molecular complexity index is 1010. The second kappa shape index (κ2) is 9.30. The number of carbonyl (C=O) groups excluding carboxylic acids is 2. The molecule has 1 aliphatic heterocycles. The zero-order valence-electron chi connectivity index (χ0n) is 17.1. The fourth-order valence-corrected chi connectivity index (χ4v) is 4.63. The largest absolute Gasteiger partial charge is 0.466 e. The summed E-state index contributed by atoms with van der Waals surface area (Å²) in [7, 11) is -3.70. The van der Waals surface area contributed by atoms with Gasteiger partial charge < -0.3 is 9.64 Å². The van der Waals surface area contributed by atoms with Crippen molar-refractivity contribution in [1.82, 2.24) is 4.90 Å². The first kappa shape index (κ1) is 21.8. The van der Waals surface area contributed by atoms with Crippen LogP contribution in [-0.2, 0) is 19.6 Å². The molecule has 1 amide bonds. The van der Waals surface area contributed by atoms with Crippen LogP contribution < -0.4 is 4.72 Å². The minimum absolute atomic E-state index is 0.127. The maximum absolute atomic E-state index is 12.8. The first-order valence-corrected chi connectivity index (χ1v) is 11.4. The van der Waals surface area contributed by atoms with Crippen LogP contribution in [0.3, 0.4) is 0 Å². The van der Waals surface area contributed by atoms with E-state index in [2.05, 4.69) is 4.72 Å². The molecule has 0 atom stereocenters. The van der Waals surface area contributed by atoms with E-state index in [1.165, 1.54) is 12.1 Å². The van der Waals surface area contributed by atoms with E-state index in [0.29, 0.717) is 49.4 Å². The quantitative estimate of drug-likeness (QED) is 0.711. The molecule has 0 bridgehead atoms. The van der Waals surface area contributed by atoms with Gasteiger partial charge in [-0.25, -0.2) is 8.42 Å². The number of ether oxygens (including phenoxy) is 1. The summed E-state index contributed by atoms with van der Waals surface area (Å²) in [4.78, 5) is 26.6. The number of benzene rings is 2. The molecule has 0 aromatic heterocycles. The second-order valence-electron chi connectivity index (χ2n) is 7.27. The van der Waals surface area contributed by atoms with Gasteiger partial charge in [0.2, 0.25) is 0 Å². The number of hydrogen-bond donors (Lipinski definition) is 1. The Morgan fingerprint density at radius 2 is 1.77 bits per heavy atom. The molecular formula is C22H26N2O5S. The molecular weight excluding hydrogens is 404 g/mol. The van der Waals surface area contributed by atoms with Crippen molar-refractivity contribution in [2.75, 3.05) is 24.4 Å². The third-order valence-electron chi connectivity index (χ3n) is 5.17. The lowest BCUT2D eigenvalue weighted by atomic mass is 9.96. The number of esters is 1. The minimum Gasteiger partial charge on any atom is -0.466 e. The molecule has 1 fully saturated rings. The summed E-state index contributed by atoms with van der Waals surface area (Å²) < 4.78 is 32.7. The van der Waals surface area contributed by atoms with E-state index < -0.39 is 10.0 Å². The Labute approximate surface area is 177 Å². The van der Waals surface area contributed by atoms with Gasteiger partial charge in [0.25, 0.3) is 15.9 Å². The Hall–Kier alpha value is -2.87. The van der Waals surface area contributed by atoms with Gasteiger partial charge in [-0.2, -0.15) is 0 Å². The normalized spacial score (nSPS) is 14.9. The number of piperidine rings is 1. The molecule has 0 spiro atoms. The average Bonchev–Trinajstić information content (AvgIpc) is 2.75. The lowest BCUT2D eigenvalue weighted by Crippen LogP contribution is -2.40. The maximum Gasteiger partial charge on any atom is 0.309 e. The lowest BCUT2D eigenvalue weighted by Gasteiger charge is -2.31. The standard InChI is InChI=1S/C22H26N2O5S/c1-3-29-22(26)17-11-13-24(14-12-17)21(25)18-9-10-20(16(2)15-18)23-30(27,28)19-7-5-4-6-8-19/h4-10,15,17,23H,3,11-14H2,1-2H3. The number of nitrogens with one attached hydrogen (secondary N) is 1. The predicted molar refractivity (Wildman–Crippen MR) is 114 cm³/mol. The van der Waals surface area contributed by atoms with E-state index in [1.54, 1.807) is 55.1 Å². The number of likely N-dealkylation sites (tertiary alicyclic amines) is 1. The van der Waals surface area contributed by atoms with Crippen molar-refractivity contribution in [2.45, 2.75) is 31.6 Å². The van der Waals surface area contributed by atoms with Gasteiger partial charge in [0, 0.05) is 18.7 Å². The monoisotopic (exact) mass is 430 g/mol. The molecule has 1 saturated heterocycles. The molecule has 2 aromatic rings. The summed E-state index contributed by atoms with van der Waals surface area (Å²) in [6.07, 6.45) is 1.16. The molecule has 7 nitrogen and oxygen atoms in total. The van der Waals surface area contributed by atoms with Gasteiger partial charge in [0.05, 0.1) is 23.1 Å². The van der Waals surface area contributed by atoms with Gasteiger partial charge in [-0.3, -0.25) is 14.3 Å². The fourth-order valence-electron chi connectivity index (χ4n) is 3.48. The van der Waals surface area contributed by atoms with E-state index >= 15 is 0 Å². The van der Waals surface area contributed by atoms with Crippen molar-refractivity contribution in [3.05, 3.63) is 59.7 Å². The lowest BCUT2D eigenvalue weighted by molar-refractivity contribution is -0.149. The van der Waals surface area contributed by atoms with Crippen LogP contribution in [0.15, 0.2) is 53.4 Å². The van der Waals surface area contributed by atoms with Crippen LogP contribution in [0.1, 0.15) is 35.7 Å². The van der Waals surface area contributed by atoms with Crippen molar-refractivity contribution in [3.8, 4) is 0 Å². The van der Waals surface area contributed by atoms with Gasteiger partial charge in [0.15, 0.2) is 0 Å². The third kappa shape index (κ3) is 4.99. The Balaban J connectivity index is 1.67. The van der Waals surface area contributed by atoms with Gasteiger partial charge in [-0.1, -0.05) is 18.2 Å². The summed E-state index contributed by atoms with van der Waals surface area (Å²) in [6.45, 7) is 4.88. The topological polar surface area (TPSA) is 92.8 Å². The maximum atomic E-state index is 12.8. The zero-order valence-corrected chi connectivity index (χ0v) is 17.9. The third-order valence-corrected chi connectivity index (χ3v) is 6.55. The van der Waals surface area contributed by atoms with Gasteiger partial charge in [-0.15, -0.1) is 0 Å². The Kier molecular flexibility index (Phi) is 6.77. The average molecular weight is 431 g/mol. The zero-order chi connectivity index (χ0) is 21.7. The van der Waals surface area contributed by atoms with Crippen LogP contribution in [0.2, 0.25) is 0 Å². The van der Waals surface area contributed by atoms with E-state index in [9.17, 15) is 18.0 Å². The molecule has 0 saturated carbocycles. The summed E-state index contributed by atoms with van der Waals surface area (Å²) in [5, 5.41) is 0. The van der Waals surface area contributed by atoms with Crippen LogP contribution >= 0.6 is 0 Å². The van der Waals surface area contributed by atoms with Crippen molar-refractivity contribution < 1.29 is 22.7 Å². The van der Waals surface area contributed by atoms with Crippen LogP contribution in [-0.4, -0.2) is 44.9 Å². The number of nitrogens with zero attached hydrogens (tertiary/aromatic N) is 1. The van der Waals surface area contributed by atoms with Crippen LogP contribution in [0.4, 0.5) is 5.69 Å². The summed E-state index contributed by atoms with van der Waals surface area (Å²) in [5.74, 6) is -0.487. The number of carbonyl (C=O) groups is 2. The molecule has 8 heteroatoms. The number of amides is 1. The van der Waals surface area contributed by atoms with Crippen LogP contribution in [0, 0.1) is 12.8 Å². The van der Waals surface area contributed by atoms with Crippen LogP contribution in [0.5, 0.6) is 0 Å². The molecule has 1 N–H and O–H groups in total. The molecule has 1 heterocycles. The summed E-state index contributed by atoms with van der Waals surface area (Å²) in [5.41, 5.74) is 1.57.